The molecule has 5 nitrogen and oxygen atoms in total. The molecule has 0 spiro atoms. The highest BCUT2D eigenvalue weighted by atomic mass is 35.5. The van der Waals surface area contributed by atoms with E-state index in [1.54, 1.807) is 12.1 Å². The molecule has 6 heteroatoms. The molecule has 0 saturated carbocycles. The van der Waals surface area contributed by atoms with Crippen LogP contribution in [-0.4, -0.2) is 33.2 Å². The van der Waals surface area contributed by atoms with Crippen LogP contribution in [0.3, 0.4) is 0 Å². The highest BCUT2D eigenvalue weighted by molar-refractivity contribution is 6.32. The molecule has 2 aromatic carbocycles. The normalized spacial score (nSPS) is 10.7. The first kappa shape index (κ1) is 21.1. The van der Waals surface area contributed by atoms with Crippen LogP contribution in [0.4, 0.5) is 0 Å². The first-order valence-corrected chi connectivity index (χ1v) is 9.51. The summed E-state index contributed by atoms with van der Waals surface area (Å²) in [5.41, 5.74) is 2.81. The third kappa shape index (κ3) is 5.37. The molecule has 0 atom stereocenters. The number of methoxy groups -OCH3 is 2. The van der Waals surface area contributed by atoms with E-state index in [1.807, 2.05) is 12.1 Å². The van der Waals surface area contributed by atoms with Gasteiger partial charge in [-0.2, -0.15) is 0 Å². The fourth-order valence-electron chi connectivity index (χ4n) is 3.00. The molecule has 27 heavy (non-hydrogen) atoms. The van der Waals surface area contributed by atoms with Crippen molar-refractivity contribution in [3.8, 4) is 11.5 Å². The fourth-order valence-corrected chi connectivity index (χ4v) is 3.29. The molecular formula is C21H28ClN2O3+. The number of carbonyl (C=O) groups is 1. The Bertz CT molecular complexity index is 776. The lowest BCUT2D eigenvalue weighted by atomic mass is 10.1. The van der Waals surface area contributed by atoms with Crippen LogP contribution in [0.15, 0.2) is 36.4 Å². The third-order valence-corrected chi connectivity index (χ3v) is 4.97. The average molecular weight is 392 g/mol. The quantitative estimate of drug-likeness (QED) is 0.691. The lowest BCUT2D eigenvalue weighted by Gasteiger charge is -2.18. The predicted molar refractivity (Wildman–Crippen MR) is 108 cm³/mol. The van der Waals surface area contributed by atoms with Crippen molar-refractivity contribution in [2.24, 2.45) is 0 Å². The summed E-state index contributed by atoms with van der Waals surface area (Å²) in [5.74, 6) is 0.645. The first-order valence-electron chi connectivity index (χ1n) is 9.14. The molecule has 1 amide bonds. The largest absolute Gasteiger partial charge is 0.493 e. The molecule has 0 aliphatic heterocycles. The van der Waals surface area contributed by atoms with E-state index in [0.29, 0.717) is 28.6 Å². The number of carbonyl (C=O) groups excluding carboxylic acids is 1. The maximum Gasteiger partial charge on any atom is 0.251 e. The van der Waals surface area contributed by atoms with Gasteiger partial charge in [0.1, 0.15) is 6.54 Å². The van der Waals surface area contributed by atoms with Crippen molar-refractivity contribution >= 4 is 17.5 Å². The minimum Gasteiger partial charge on any atom is -0.493 e. The molecule has 2 aromatic rings. The van der Waals surface area contributed by atoms with Crippen LogP contribution in [0.5, 0.6) is 11.5 Å². The summed E-state index contributed by atoms with van der Waals surface area (Å²) in [6, 6.07) is 11.4. The van der Waals surface area contributed by atoms with Gasteiger partial charge in [0.25, 0.3) is 5.91 Å². The molecule has 0 fully saturated rings. The van der Waals surface area contributed by atoms with Gasteiger partial charge in [0.2, 0.25) is 0 Å². The number of rotatable bonds is 9. The summed E-state index contributed by atoms with van der Waals surface area (Å²) < 4.78 is 10.5. The van der Waals surface area contributed by atoms with Crippen LogP contribution >= 0.6 is 11.6 Å². The second kappa shape index (κ2) is 10.2. The zero-order chi connectivity index (χ0) is 19.8. The molecule has 0 heterocycles. The van der Waals surface area contributed by atoms with E-state index in [1.165, 1.54) is 24.7 Å². The topological polar surface area (TPSA) is 52.0 Å². The van der Waals surface area contributed by atoms with Gasteiger partial charge >= 0.3 is 0 Å². The Morgan fingerprint density at radius 2 is 1.74 bits per heavy atom. The first-order chi connectivity index (χ1) is 13.0. The Morgan fingerprint density at radius 1 is 1.07 bits per heavy atom. The molecule has 0 aromatic heterocycles. The Balaban J connectivity index is 2.13. The van der Waals surface area contributed by atoms with Crippen LogP contribution in [0.1, 0.15) is 35.3 Å². The molecule has 0 radical (unpaired) electrons. The van der Waals surface area contributed by atoms with Crippen molar-refractivity contribution in [3.63, 3.8) is 0 Å². The highest BCUT2D eigenvalue weighted by Gasteiger charge is 2.16. The molecule has 0 saturated heterocycles. The zero-order valence-electron chi connectivity index (χ0n) is 16.4. The second-order valence-corrected chi connectivity index (χ2v) is 6.69. The van der Waals surface area contributed by atoms with Crippen LogP contribution < -0.4 is 19.7 Å². The summed E-state index contributed by atoms with van der Waals surface area (Å²) in [5, 5.41) is 3.32. The average Bonchev–Trinajstić information content (AvgIpc) is 2.70. The van der Waals surface area contributed by atoms with E-state index in [2.05, 4.69) is 31.3 Å². The van der Waals surface area contributed by atoms with Crippen LogP contribution in [-0.2, 0) is 13.1 Å². The van der Waals surface area contributed by atoms with Gasteiger partial charge in [-0.25, -0.2) is 0 Å². The molecule has 0 bridgehead atoms. The minimum absolute atomic E-state index is 0.206. The van der Waals surface area contributed by atoms with Crippen molar-refractivity contribution in [2.45, 2.75) is 26.9 Å². The summed E-state index contributed by atoms with van der Waals surface area (Å²) in [6.45, 7) is 7.92. The van der Waals surface area contributed by atoms with Crippen molar-refractivity contribution in [1.82, 2.24) is 5.32 Å². The summed E-state index contributed by atoms with van der Waals surface area (Å²) >= 11 is 6.20. The van der Waals surface area contributed by atoms with E-state index in [0.717, 1.165) is 25.2 Å². The molecule has 2 rings (SSSR count). The van der Waals surface area contributed by atoms with E-state index in [4.69, 9.17) is 21.1 Å². The number of ether oxygens (including phenoxy) is 2. The second-order valence-electron chi connectivity index (χ2n) is 6.28. The third-order valence-electron chi connectivity index (χ3n) is 4.69. The van der Waals surface area contributed by atoms with E-state index in [9.17, 15) is 4.79 Å². The maximum absolute atomic E-state index is 12.6. The maximum atomic E-state index is 12.6. The monoisotopic (exact) mass is 391 g/mol. The van der Waals surface area contributed by atoms with Crippen molar-refractivity contribution in [3.05, 3.63) is 58.1 Å². The van der Waals surface area contributed by atoms with Gasteiger partial charge in [0, 0.05) is 17.7 Å². The minimum atomic E-state index is -0.206. The lowest BCUT2D eigenvalue weighted by Crippen LogP contribution is -3.10. The molecule has 0 aliphatic carbocycles. The molecule has 2 N–H and O–H groups in total. The number of hydrogen-bond acceptors (Lipinski definition) is 3. The zero-order valence-corrected chi connectivity index (χ0v) is 17.2. The van der Waals surface area contributed by atoms with Crippen LogP contribution in [0.2, 0.25) is 5.02 Å². The van der Waals surface area contributed by atoms with Gasteiger partial charge in [0.05, 0.1) is 32.3 Å². The molecule has 0 aliphatic rings. The fraction of sp³-hybridized carbons (Fsp3) is 0.381. The SMILES string of the molecule is CC[NH+](CC)Cc1ccccc1CNC(=O)c1cc(Cl)c(OC)c(OC)c1. The Morgan fingerprint density at radius 3 is 2.33 bits per heavy atom. The number of hydrogen-bond donors (Lipinski definition) is 2. The summed E-state index contributed by atoms with van der Waals surface area (Å²) in [6.07, 6.45) is 0. The summed E-state index contributed by atoms with van der Waals surface area (Å²) in [7, 11) is 3.03. The smallest absolute Gasteiger partial charge is 0.251 e. The van der Waals surface area contributed by atoms with Crippen molar-refractivity contribution in [2.75, 3.05) is 27.3 Å². The van der Waals surface area contributed by atoms with E-state index < -0.39 is 0 Å². The standard InChI is InChI=1S/C21H27ClN2O3/c1-5-24(6-2)14-16-10-8-7-9-15(16)13-23-21(25)17-11-18(22)20(27-4)19(12-17)26-3/h7-12H,5-6,13-14H2,1-4H3,(H,23,25)/p+1. The Kier molecular flexibility index (Phi) is 7.95. The molecule has 0 unspecified atom stereocenters. The molecular weight excluding hydrogens is 364 g/mol. The number of halogens is 1. The van der Waals surface area contributed by atoms with Gasteiger partial charge in [-0.05, 0) is 31.5 Å². The Hall–Kier alpha value is -2.24. The van der Waals surface area contributed by atoms with Crippen molar-refractivity contribution in [1.29, 1.82) is 0 Å². The van der Waals surface area contributed by atoms with Gasteiger partial charge in [-0.15, -0.1) is 0 Å². The lowest BCUT2D eigenvalue weighted by molar-refractivity contribution is -0.910. The number of quaternary nitrogens is 1. The van der Waals surface area contributed by atoms with Gasteiger partial charge in [-0.1, -0.05) is 35.9 Å². The summed E-state index contributed by atoms with van der Waals surface area (Å²) in [4.78, 5) is 14.1. The Labute approximate surface area is 166 Å². The number of benzene rings is 2. The van der Waals surface area contributed by atoms with Crippen LogP contribution in [0.25, 0.3) is 0 Å². The number of nitrogens with one attached hydrogen (secondary N) is 2. The predicted octanol–water partition coefficient (Wildman–Crippen LogP) is 2.71. The van der Waals surface area contributed by atoms with Gasteiger partial charge < -0.3 is 19.7 Å². The van der Waals surface area contributed by atoms with Gasteiger partial charge in [-0.3, -0.25) is 4.79 Å². The van der Waals surface area contributed by atoms with E-state index >= 15 is 0 Å². The molecule has 146 valence electrons. The van der Waals surface area contributed by atoms with E-state index in [-0.39, 0.29) is 5.91 Å². The van der Waals surface area contributed by atoms with Crippen molar-refractivity contribution < 1.29 is 19.2 Å². The highest BCUT2D eigenvalue weighted by Crippen LogP contribution is 2.35. The van der Waals surface area contributed by atoms with Gasteiger partial charge in [0.15, 0.2) is 11.5 Å². The van der Waals surface area contributed by atoms with Crippen LogP contribution in [0, 0.1) is 0 Å². The number of amides is 1.